The number of carbonyl (C=O) groups is 1. The van der Waals surface area contributed by atoms with Crippen molar-refractivity contribution in [2.24, 2.45) is 0 Å². The molecule has 0 saturated carbocycles. The van der Waals surface area contributed by atoms with E-state index in [1.807, 2.05) is 30.5 Å². The zero-order valence-electron chi connectivity index (χ0n) is 14.6. The predicted molar refractivity (Wildman–Crippen MR) is 102 cm³/mol. The second-order valence-corrected chi connectivity index (χ2v) is 7.27. The summed E-state index contributed by atoms with van der Waals surface area (Å²) < 4.78 is 1.50. The lowest BCUT2D eigenvalue weighted by Gasteiger charge is -2.16. The molecule has 0 unspecified atom stereocenters. The third-order valence-corrected chi connectivity index (χ3v) is 5.04. The number of carbonyl (C=O) groups excluding carboxylic acids is 1. The molecule has 5 nitrogen and oxygen atoms in total. The van der Waals surface area contributed by atoms with Crippen LogP contribution in [0.2, 0.25) is 0 Å². The third kappa shape index (κ3) is 3.64. The molecule has 25 heavy (non-hydrogen) atoms. The van der Waals surface area contributed by atoms with Crippen molar-refractivity contribution < 1.29 is 4.79 Å². The van der Waals surface area contributed by atoms with Crippen molar-refractivity contribution in [2.45, 2.75) is 39.7 Å². The Morgan fingerprint density at radius 3 is 2.88 bits per heavy atom. The van der Waals surface area contributed by atoms with E-state index in [4.69, 9.17) is 0 Å². The van der Waals surface area contributed by atoms with Gasteiger partial charge in [-0.05, 0) is 35.4 Å². The second-order valence-electron chi connectivity index (χ2n) is 6.37. The Hall–Kier alpha value is -2.47. The number of para-hydroxylation sites is 1. The van der Waals surface area contributed by atoms with Gasteiger partial charge in [-0.1, -0.05) is 32.0 Å². The van der Waals surface area contributed by atoms with Crippen molar-refractivity contribution in [1.82, 2.24) is 9.55 Å². The molecule has 0 aliphatic rings. The summed E-state index contributed by atoms with van der Waals surface area (Å²) in [6.07, 6.45) is 1.74. The van der Waals surface area contributed by atoms with Crippen LogP contribution < -0.4 is 10.9 Å². The zero-order valence-corrected chi connectivity index (χ0v) is 15.4. The maximum Gasteiger partial charge on any atom is 0.262 e. The topological polar surface area (TPSA) is 64.0 Å². The van der Waals surface area contributed by atoms with Crippen molar-refractivity contribution in [3.8, 4) is 0 Å². The maximum atomic E-state index is 12.4. The highest BCUT2D eigenvalue weighted by atomic mass is 32.1. The number of hydrogen-bond donors (Lipinski definition) is 1. The van der Waals surface area contributed by atoms with Gasteiger partial charge in [-0.2, -0.15) is 0 Å². The van der Waals surface area contributed by atoms with Crippen LogP contribution in [0.1, 0.15) is 37.3 Å². The highest BCUT2D eigenvalue weighted by Crippen LogP contribution is 2.27. The van der Waals surface area contributed by atoms with Crippen LogP contribution in [0.15, 0.2) is 40.8 Å². The molecular weight excluding hydrogens is 334 g/mol. The van der Waals surface area contributed by atoms with Crippen LogP contribution in [0, 0.1) is 6.92 Å². The number of benzene rings is 1. The molecule has 0 radical (unpaired) electrons. The van der Waals surface area contributed by atoms with Crippen LogP contribution in [0.4, 0.5) is 5.69 Å². The minimum atomic E-state index is -0.103. The lowest BCUT2D eigenvalue weighted by molar-refractivity contribution is -0.116. The van der Waals surface area contributed by atoms with Gasteiger partial charge in [0, 0.05) is 18.7 Å². The molecule has 6 heteroatoms. The lowest BCUT2D eigenvalue weighted by Crippen LogP contribution is -2.23. The molecule has 0 fully saturated rings. The summed E-state index contributed by atoms with van der Waals surface area (Å²) in [5.41, 5.74) is 2.93. The van der Waals surface area contributed by atoms with Crippen LogP contribution in [-0.4, -0.2) is 15.5 Å². The number of nitrogens with one attached hydrogen (secondary N) is 1. The number of aromatic nitrogens is 2. The van der Waals surface area contributed by atoms with E-state index < -0.39 is 0 Å². The molecule has 0 bridgehead atoms. The van der Waals surface area contributed by atoms with Crippen molar-refractivity contribution in [1.29, 1.82) is 0 Å². The summed E-state index contributed by atoms with van der Waals surface area (Å²) in [6, 6.07) is 7.79. The molecule has 1 aromatic carbocycles. The Morgan fingerprint density at radius 1 is 1.32 bits per heavy atom. The van der Waals surface area contributed by atoms with Gasteiger partial charge in [-0.15, -0.1) is 11.3 Å². The van der Waals surface area contributed by atoms with Crippen molar-refractivity contribution in [3.63, 3.8) is 0 Å². The number of nitrogens with zero attached hydrogens (tertiary/aromatic N) is 2. The molecule has 2 aromatic heterocycles. The fourth-order valence-corrected chi connectivity index (χ4v) is 3.54. The van der Waals surface area contributed by atoms with Gasteiger partial charge in [-0.3, -0.25) is 14.2 Å². The molecule has 2 heterocycles. The van der Waals surface area contributed by atoms with E-state index in [0.29, 0.717) is 17.8 Å². The molecule has 3 aromatic rings. The summed E-state index contributed by atoms with van der Waals surface area (Å²) in [5, 5.41) is 5.46. The first-order chi connectivity index (χ1) is 12.0. The van der Waals surface area contributed by atoms with E-state index in [9.17, 15) is 9.59 Å². The summed E-state index contributed by atoms with van der Waals surface area (Å²) in [4.78, 5) is 29.7. The molecule has 130 valence electrons. The second kappa shape index (κ2) is 7.19. The Bertz CT molecular complexity index is 972. The first-order valence-electron chi connectivity index (χ1n) is 8.29. The largest absolute Gasteiger partial charge is 0.326 e. The lowest BCUT2D eigenvalue weighted by atomic mass is 9.98. The van der Waals surface area contributed by atoms with E-state index in [1.165, 1.54) is 22.2 Å². The van der Waals surface area contributed by atoms with Gasteiger partial charge in [0.25, 0.3) is 5.56 Å². The number of hydrogen-bond acceptors (Lipinski definition) is 4. The van der Waals surface area contributed by atoms with Crippen LogP contribution in [0.25, 0.3) is 10.2 Å². The zero-order chi connectivity index (χ0) is 18.0. The highest BCUT2D eigenvalue weighted by molar-refractivity contribution is 7.16. The first-order valence-corrected chi connectivity index (χ1v) is 9.17. The number of anilines is 1. The van der Waals surface area contributed by atoms with Crippen LogP contribution >= 0.6 is 11.3 Å². The molecule has 1 amide bonds. The molecule has 1 N–H and O–H groups in total. The number of aryl methyl sites for hydroxylation is 2. The molecular formula is C19H21N3O2S. The van der Waals surface area contributed by atoms with Gasteiger partial charge in [0.05, 0.1) is 11.7 Å². The monoisotopic (exact) mass is 355 g/mol. The van der Waals surface area contributed by atoms with Crippen molar-refractivity contribution in [2.75, 3.05) is 5.32 Å². The maximum absolute atomic E-state index is 12.4. The standard InChI is InChI=1S/C19H21N3O2S/c1-12(2)14-6-4-5-13(3)17(14)21-16(23)7-9-22-11-20-18-15(19(22)24)8-10-25-18/h4-6,8,10-12H,7,9H2,1-3H3,(H,21,23). The summed E-state index contributed by atoms with van der Waals surface area (Å²) in [7, 11) is 0. The summed E-state index contributed by atoms with van der Waals surface area (Å²) >= 11 is 1.44. The Morgan fingerprint density at radius 2 is 2.12 bits per heavy atom. The third-order valence-electron chi connectivity index (χ3n) is 4.22. The molecule has 0 aliphatic heterocycles. The van der Waals surface area contributed by atoms with Crippen LogP contribution in [-0.2, 0) is 11.3 Å². The number of rotatable bonds is 5. The molecule has 0 spiro atoms. The Labute approximate surface area is 150 Å². The van der Waals surface area contributed by atoms with E-state index in [-0.39, 0.29) is 17.9 Å². The van der Waals surface area contributed by atoms with Gasteiger partial charge in [0.15, 0.2) is 0 Å². The van der Waals surface area contributed by atoms with Crippen LogP contribution in [0.3, 0.4) is 0 Å². The fraction of sp³-hybridized carbons (Fsp3) is 0.316. The molecule has 0 atom stereocenters. The first kappa shape index (κ1) is 17.4. The highest BCUT2D eigenvalue weighted by Gasteiger charge is 2.13. The van der Waals surface area contributed by atoms with Gasteiger partial charge in [0.1, 0.15) is 4.83 Å². The minimum Gasteiger partial charge on any atom is -0.326 e. The SMILES string of the molecule is Cc1cccc(C(C)C)c1NC(=O)CCn1cnc2sccc2c1=O. The van der Waals surface area contributed by atoms with E-state index in [2.05, 4.69) is 24.1 Å². The number of fused-ring (bicyclic) bond motifs is 1. The Kier molecular flexibility index (Phi) is 4.99. The van der Waals surface area contributed by atoms with E-state index in [1.54, 1.807) is 6.07 Å². The normalized spacial score (nSPS) is 11.2. The Balaban J connectivity index is 1.73. The van der Waals surface area contributed by atoms with Gasteiger partial charge in [-0.25, -0.2) is 4.98 Å². The molecule has 3 rings (SSSR count). The van der Waals surface area contributed by atoms with Gasteiger partial charge in [0.2, 0.25) is 5.91 Å². The average Bonchev–Trinajstić information content (AvgIpc) is 3.05. The summed E-state index contributed by atoms with van der Waals surface area (Å²) in [6.45, 7) is 6.50. The predicted octanol–water partition coefficient (Wildman–Crippen LogP) is 3.92. The van der Waals surface area contributed by atoms with Gasteiger partial charge < -0.3 is 5.32 Å². The van der Waals surface area contributed by atoms with E-state index in [0.717, 1.165) is 21.6 Å². The quantitative estimate of drug-likeness (QED) is 0.754. The number of amides is 1. The number of thiophene rings is 1. The smallest absolute Gasteiger partial charge is 0.262 e. The fourth-order valence-electron chi connectivity index (χ4n) is 2.82. The van der Waals surface area contributed by atoms with Crippen LogP contribution in [0.5, 0.6) is 0 Å². The average molecular weight is 355 g/mol. The van der Waals surface area contributed by atoms with E-state index >= 15 is 0 Å². The van der Waals surface area contributed by atoms with Crippen molar-refractivity contribution >= 4 is 33.1 Å². The summed E-state index contributed by atoms with van der Waals surface area (Å²) in [5.74, 6) is 0.219. The minimum absolute atomic E-state index is 0.0992. The van der Waals surface area contributed by atoms with Crippen molar-refractivity contribution in [3.05, 3.63) is 57.5 Å². The van der Waals surface area contributed by atoms with Gasteiger partial charge >= 0.3 is 0 Å². The molecule has 0 aliphatic carbocycles. The molecule has 0 saturated heterocycles.